The maximum Gasteiger partial charge on any atom is 0.410 e. The van der Waals surface area contributed by atoms with Crippen LogP contribution in [-0.2, 0) is 4.74 Å². The van der Waals surface area contributed by atoms with Gasteiger partial charge in [-0.25, -0.2) is 9.31 Å². The van der Waals surface area contributed by atoms with E-state index in [-0.39, 0.29) is 12.1 Å². The van der Waals surface area contributed by atoms with Gasteiger partial charge in [-0.1, -0.05) is 0 Å². The third kappa shape index (κ3) is 4.05. The molecule has 1 atom stereocenters. The van der Waals surface area contributed by atoms with Gasteiger partial charge >= 0.3 is 6.09 Å². The third-order valence-electron chi connectivity index (χ3n) is 5.04. The normalized spacial score (nSPS) is 17.2. The summed E-state index contributed by atoms with van der Waals surface area (Å²) in [7, 11) is 0. The topological polar surface area (TPSA) is 88.5 Å². The number of ether oxygens (including phenoxy) is 1. The van der Waals surface area contributed by atoms with E-state index in [4.69, 9.17) is 4.74 Å². The molecule has 30 heavy (non-hydrogen) atoms. The first-order valence-corrected chi connectivity index (χ1v) is 10.6. The van der Waals surface area contributed by atoms with Crippen LogP contribution >= 0.6 is 15.9 Å². The Kier molecular flexibility index (Phi) is 5.28. The van der Waals surface area contributed by atoms with Gasteiger partial charge in [0.1, 0.15) is 11.7 Å². The van der Waals surface area contributed by atoms with E-state index in [1.807, 2.05) is 50.1 Å². The summed E-state index contributed by atoms with van der Waals surface area (Å²) in [5, 5.41) is 18.1. The van der Waals surface area contributed by atoms with Crippen molar-refractivity contribution < 1.29 is 9.53 Å². The number of nitriles is 1. The fraction of sp³-hybridized carbons (Fsp3) is 0.429. The quantitative estimate of drug-likeness (QED) is 0.553. The zero-order valence-corrected chi connectivity index (χ0v) is 18.8. The van der Waals surface area contributed by atoms with Crippen LogP contribution in [0.2, 0.25) is 0 Å². The van der Waals surface area contributed by atoms with Gasteiger partial charge in [-0.3, -0.25) is 4.68 Å². The summed E-state index contributed by atoms with van der Waals surface area (Å²) in [6, 6.07) is 4.22. The Morgan fingerprint density at radius 3 is 2.80 bits per heavy atom. The van der Waals surface area contributed by atoms with Crippen LogP contribution in [0.4, 0.5) is 4.79 Å². The van der Waals surface area contributed by atoms with Crippen molar-refractivity contribution in [3.63, 3.8) is 0 Å². The molecule has 4 rings (SSSR count). The van der Waals surface area contributed by atoms with Crippen LogP contribution in [-0.4, -0.2) is 49.1 Å². The van der Waals surface area contributed by atoms with E-state index in [1.165, 1.54) is 0 Å². The SMILES string of the molecule is CC(C)(C)OC(=O)N1CCC[C@H](n2cc(-c3cc(Br)c4c(C#N)cnn4c3)cn2)C1. The molecule has 9 heteroatoms. The number of hydrogen-bond acceptors (Lipinski definition) is 5. The first kappa shape index (κ1) is 20.4. The van der Waals surface area contributed by atoms with Gasteiger partial charge in [0.15, 0.2) is 0 Å². The first-order valence-electron chi connectivity index (χ1n) is 9.84. The van der Waals surface area contributed by atoms with Gasteiger partial charge in [0, 0.05) is 41.1 Å². The number of likely N-dealkylation sites (tertiary alicyclic amines) is 1. The van der Waals surface area contributed by atoms with E-state index >= 15 is 0 Å². The molecule has 3 aromatic rings. The molecule has 8 nitrogen and oxygen atoms in total. The van der Waals surface area contributed by atoms with Gasteiger partial charge < -0.3 is 9.64 Å². The Balaban J connectivity index is 1.55. The summed E-state index contributed by atoms with van der Waals surface area (Å²) >= 11 is 3.55. The molecule has 1 amide bonds. The maximum atomic E-state index is 12.4. The van der Waals surface area contributed by atoms with Gasteiger partial charge in [0.2, 0.25) is 0 Å². The van der Waals surface area contributed by atoms with Crippen LogP contribution in [0.25, 0.3) is 16.6 Å². The lowest BCUT2D eigenvalue weighted by Gasteiger charge is -2.34. The van der Waals surface area contributed by atoms with Crippen molar-refractivity contribution in [2.45, 2.75) is 45.3 Å². The number of hydrogen-bond donors (Lipinski definition) is 0. The summed E-state index contributed by atoms with van der Waals surface area (Å²) in [6.07, 6.45) is 8.83. The Morgan fingerprint density at radius 1 is 1.27 bits per heavy atom. The average molecular weight is 471 g/mol. The van der Waals surface area contributed by atoms with Gasteiger partial charge in [0.05, 0.1) is 29.5 Å². The number of aromatic nitrogens is 4. The highest BCUT2D eigenvalue weighted by molar-refractivity contribution is 9.10. The number of halogens is 1. The van der Waals surface area contributed by atoms with Crippen LogP contribution < -0.4 is 0 Å². The second kappa shape index (κ2) is 7.76. The Labute approximate surface area is 183 Å². The highest BCUT2D eigenvalue weighted by Gasteiger charge is 2.29. The summed E-state index contributed by atoms with van der Waals surface area (Å²) in [5.41, 5.74) is 2.64. The number of pyridine rings is 1. The van der Waals surface area contributed by atoms with Gasteiger partial charge in [-0.15, -0.1) is 0 Å². The summed E-state index contributed by atoms with van der Waals surface area (Å²) in [5.74, 6) is 0. The number of piperidine rings is 1. The van der Waals surface area contributed by atoms with E-state index in [2.05, 4.69) is 32.2 Å². The van der Waals surface area contributed by atoms with E-state index in [1.54, 1.807) is 15.6 Å². The Bertz CT molecular complexity index is 1140. The van der Waals surface area contributed by atoms with Crippen LogP contribution in [0, 0.1) is 11.3 Å². The lowest BCUT2D eigenvalue weighted by molar-refractivity contribution is 0.0167. The van der Waals surface area contributed by atoms with E-state index in [9.17, 15) is 10.1 Å². The Hall–Kier alpha value is -2.86. The largest absolute Gasteiger partial charge is 0.444 e. The molecule has 1 fully saturated rings. The number of fused-ring (bicyclic) bond motifs is 1. The van der Waals surface area contributed by atoms with Crippen LogP contribution in [0.3, 0.4) is 0 Å². The second-order valence-corrected chi connectivity index (χ2v) is 9.33. The molecular weight excluding hydrogens is 448 g/mol. The van der Waals surface area contributed by atoms with Crippen molar-refractivity contribution in [1.29, 1.82) is 5.26 Å². The summed E-state index contributed by atoms with van der Waals surface area (Å²) < 4.78 is 9.94. The molecule has 0 saturated carbocycles. The lowest BCUT2D eigenvalue weighted by Crippen LogP contribution is -2.43. The van der Waals surface area contributed by atoms with Crippen molar-refractivity contribution >= 4 is 27.5 Å². The van der Waals surface area contributed by atoms with E-state index in [0.29, 0.717) is 18.7 Å². The average Bonchev–Trinajstić information content (AvgIpc) is 3.34. The highest BCUT2D eigenvalue weighted by Crippen LogP contribution is 2.30. The molecule has 0 N–H and O–H groups in total. The standard InChI is InChI=1S/C21H23BrN6O2/c1-21(2,3)30-20(29)26-6-4-5-17(13-26)27-12-16(10-24-27)14-7-18(22)19-15(8-23)9-25-28(19)11-14/h7,9-12,17H,4-6,13H2,1-3H3/t17-/m0/s1. The fourth-order valence-electron chi connectivity index (χ4n) is 3.66. The molecule has 3 aromatic heterocycles. The molecule has 1 aliphatic heterocycles. The minimum absolute atomic E-state index is 0.0992. The van der Waals surface area contributed by atoms with Crippen LogP contribution in [0.5, 0.6) is 0 Å². The monoisotopic (exact) mass is 470 g/mol. The van der Waals surface area contributed by atoms with Crippen molar-refractivity contribution in [3.8, 4) is 17.2 Å². The maximum absolute atomic E-state index is 12.4. The number of amides is 1. The number of carbonyl (C=O) groups excluding carboxylic acids is 1. The zero-order chi connectivity index (χ0) is 21.5. The molecule has 4 heterocycles. The first-order chi connectivity index (χ1) is 14.2. The van der Waals surface area contributed by atoms with Crippen molar-refractivity contribution in [2.24, 2.45) is 0 Å². The molecule has 1 saturated heterocycles. The second-order valence-electron chi connectivity index (χ2n) is 8.47. The third-order valence-corrected chi connectivity index (χ3v) is 5.65. The molecule has 156 valence electrons. The van der Waals surface area contributed by atoms with E-state index < -0.39 is 5.60 Å². The summed E-state index contributed by atoms with van der Waals surface area (Å²) in [4.78, 5) is 14.2. The lowest BCUT2D eigenvalue weighted by atomic mass is 10.1. The van der Waals surface area contributed by atoms with Crippen LogP contribution in [0.15, 0.2) is 35.3 Å². The minimum Gasteiger partial charge on any atom is -0.444 e. The van der Waals surface area contributed by atoms with E-state index in [0.717, 1.165) is 34.0 Å². The van der Waals surface area contributed by atoms with Crippen molar-refractivity contribution in [3.05, 3.63) is 40.9 Å². The predicted octanol–water partition coefficient (Wildman–Crippen LogP) is 4.40. The predicted molar refractivity (Wildman–Crippen MR) is 115 cm³/mol. The number of nitrogens with zero attached hydrogens (tertiary/aromatic N) is 6. The highest BCUT2D eigenvalue weighted by atomic mass is 79.9. The van der Waals surface area contributed by atoms with Crippen LogP contribution in [0.1, 0.15) is 45.2 Å². The number of carbonyl (C=O) groups is 1. The fourth-order valence-corrected chi connectivity index (χ4v) is 4.30. The molecule has 0 unspecified atom stereocenters. The molecule has 0 radical (unpaired) electrons. The van der Waals surface area contributed by atoms with Gasteiger partial charge in [-0.05, 0) is 55.6 Å². The van der Waals surface area contributed by atoms with Gasteiger partial charge in [0.25, 0.3) is 0 Å². The molecule has 0 aliphatic carbocycles. The molecule has 0 aromatic carbocycles. The molecule has 1 aliphatic rings. The minimum atomic E-state index is -0.507. The molecule has 0 spiro atoms. The number of rotatable bonds is 2. The molecular formula is C21H23BrN6O2. The zero-order valence-electron chi connectivity index (χ0n) is 17.2. The summed E-state index contributed by atoms with van der Waals surface area (Å²) in [6.45, 7) is 6.90. The van der Waals surface area contributed by atoms with Crippen molar-refractivity contribution in [1.82, 2.24) is 24.3 Å². The smallest absolute Gasteiger partial charge is 0.410 e. The Morgan fingerprint density at radius 2 is 2.07 bits per heavy atom. The van der Waals surface area contributed by atoms with Crippen molar-refractivity contribution in [2.75, 3.05) is 13.1 Å². The van der Waals surface area contributed by atoms with Gasteiger partial charge in [-0.2, -0.15) is 15.5 Å². The molecule has 0 bridgehead atoms.